The number of benzene rings is 1. The van der Waals surface area contributed by atoms with Gasteiger partial charge < -0.3 is 14.1 Å². The summed E-state index contributed by atoms with van der Waals surface area (Å²) in [5.74, 6) is -0.288. The zero-order chi connectivity index (χ0) is 16.2. The Bertz CT molecular complexity index is 765. The number of hydrogen-bond acceptors (Lipinski definition) is 4. The van der Waals surface area contributed by atoms with Crippen molar-refractivity contribution in [3.8, 4) is 0 Å². The van der Waals surface area contributed by atoms with Gasteiger partial charge in [0.2, 0.25) is 0 Å². The molecule has 2 heterocycles. The molecule has 1 aromatic carbocycles. The standard InChI is InChI=1S/C17H14BrNO4/c18-15-7-5-13(23-15)6-8-17(21)22-11-16(20)19-10-9-12-3-1-2-4-14(12)19/h1-8H,9-11H2. The number of hydrogen-bond donors (Lipinski definition) is 0. The molecule has 0 fully saturated rings. The second-order valence-corrected chi connectivity index (χ2v) is 5.79. The molecule has 0 saturated carbocycles. The van der Waals surface area contributed by atoms with E-state index in [9.17, 15) is 9.59 Å². The second-order valence-electron chi connectivity index (χ2n) is 5.01. The highest BCUT2D eigenvalue weighted by molar-refractivity contribution is 9.10. The van der Waals surface area contributed by atoms with Crippen molar-refractivity contribution in [2.45, 2.75) is 6.42 Å². The number of nitrogens with zero attached hydrogens (tertiary/aromatic N) is 1. The predicted octanol–water partition coefficient (Wildman–Crippen LogP) is 3.19. The summed E-state index contributed by atoms with van der Waals surface area (Å²) in [4.78, 5) is 25.5. The first-order valence-corrected chi connectivity index (χ1v) is 7.91. The van der Waals surface area contributed by atoms with Crippen LogP contribution in [0.2, 0.25) is 0 Å². The van der Waals surface area contributed by atoms with Gasteiger partial charge in [-0.2, -0.15) is 0 Å². The van der Waals surface area contributed by atoms with Gasteiger partial charge in [-0.1, -0.05) is 18.2 Å². The fourth-order valence-corrected chi connectivity index (χ4v) is 2.74. The van der Waals surface area contributed by atoms with Crippen LogP contribution in [0.4, 0.5) is 5.69 Å². The van der Waals surface area contributed by atoms with Gasteiger partial charge in [-0.15, -0.1) is 0 Å². The number of rotatable bonds is 4. The number of anilines is 1. The normalized spacial score (nSPS) is 13.3. The molecule has 0 N–H and O–H groups in total. The van der Waals surface area contributed by atoms with Crippen molar-refractivity contribution >= 4 is 39.6 Å². The third-order valence-corrected chi connectivity index (χ3v) is 3.93. The maximum atomic E-state index is 12.2. The molecule has 1 aliphatic rings. The molecule has 3 rings (SSSR count). The van der Waals surface area contributed by atoms with Gasteiger partial charge in [0.05, 0.1) is 0 Å². The zero-order valence-corrected chi connectivity index (χ0v) is 13.8. The highest BCUT2D eigenvalue weighted by Crippen LogP contribution is 2.27. The molecule has 0 radical (unpaired) electrons. The molecule has 2 aromatic rings. The first kappa shape index (κ1) is 15.6. The highest BCUT2D eigenvalue weighted by Gasteiger charge is 2.24. The Labute approximate surface area is 141 Å². The lowest BCUT2D eigenvalue weighted by Gasteiger charge is -2.16. The number of carbonyl (C=O) groups excluding carboxylic acids is 2. The van der Waals surface area contributed by atoms with Crippen molar-refractivity contribution in [3.63, 3.8) is 0 Å². The quantitative estimate of drug-likeness (QED) is 0.608. The van der Waals surface area contributed by atoms with Crippen LogP contribution in [-0.4, -0.2) is 25.0 Å². The average Bonchev–Trinajstić information content (AvgIpc) is 3.16. The Morgan fingerprint density at radius 2 is 2.09 bits per heavy atom. The molecule has 0 spiro atoms. The zero-order valence-electron chi connectivity index (χ0n) is 12.2. The number of ether oxygens (including phenoxy) is 1. The Kier molecular flexibility index (Phi) is 4.62. The first-order chi connectivity index (χ1) is 11.1. The summed E-state index contributed by atoms with van der Waals surface area (Å²) in [5.41, 5.74) is 2.03. The Hall–Kier alpha value is -2.34. The summed E-state index contributed by atoms with van der Waals surface area (Å²) in [6.07, 6.45) is 3.54. The fourth-order valence-electron chi connectivity index (χ4n) is 2.42. The van der Waals surface area contributed by atoms with Gasteiger partial charge >= 0.3 is 5.97 Å². The first-order valence-electron chi connectivity index (χ1n) is 7.12. The topological polar surface area (TPSA) is 59.8 Å². The molecule has 0 atom stereocenters. The van der Waals surface area contributed by atoms with Gasteiger partial charge in [0.25, 0.3) is 5.91 Å². The van der Waals surface area contributed by atoms with Gasteiger partial charge in [0.15, 0.2) is 11.3 Å². The SMILES string of the molecule is O=C(C=Cc1ccc(Br)o1)OCC(=O)N1CCc2ccccc21. The lowest BCUT2D eigenvalue weighted by Crippen LogP contribution is -2.33. The smallest absolute Gasteiger partial charge is 0.331 e. The summed E-state index contributed by atoms with van der Waals surface area (Å²) < 4.78 is 10.8. The van der Waals surface area contributed by atoms with Crippen LogP contribution in [0, 0.1) is 0 Å². The number of amides is 1. The summed E-state index contributed by atoms with van der Waals surface area (Å²) in [7, 11) is 0. The molecular formula is C17H14BrNO4. The molecule has 5 nitrogen and oxygen atoms in total. The van der Waals surface area contributed by atoms with E-state index in [-0.39, 0.29) is 12.5 Å². The van der Waals surface area contributed by atoms with Crippen LogP contribution >= 0.6 is 15.9 Å². The van der Waals surface area contributed by atoms with Crippen LogP contribution in [-0.2, 0) is 20.7 Å². The van der Waals surface area contributed by atoms with E-state index in [0.29, 0.717) is 17.0 Å². The van der Waals surface area contributed by atoms with Gasteiger partial charge in [0, 0.05) is 18.3 Å². The maximum absolute atomic E-state index is 12.2. The Balaban J connectivity index is 1.53. The van der Waals surface area contributed by atoms with Crippen molar-refractivity contribution in [1.82, 2.24) is 0 Å². The van der Waals surface area contributed by atoms with E-state index in [1.165, 1.54) is 12.2 Å². The van der Waals surface area contributed by atoms with E-state index in [2.05, 4.69) is 15.9 Å². The van der Waals surface area contributed by atoms with Gasteiger partial charge in [-0.25, -0.2) is 4.79 Å². The summed E-state index contributed by atoms with van der Waals surface area (Å²) >= 11 is 3.17. The Morgan fingerprint density at radius 1 is 1.26 bits per heavy atom. The van der Waals surface area contributed by atoms with Crippen LogP contribution < -0.4 is 4.90 Å². The minimum Gasteiger partial charge on any atom is -0.452 e. The van der Waals surface area contributed by atoms with E-state index >= 15 is 0 Å². The van der Waals surface area contributed by atoms with Crippen molar-refractivity contribution in [1.29, 1.82) is 0 Å². The molecule has 0 saturated heterocycles. The van der Waals surface area contributed by atoms with Crippen LogP contribution in [0.1, 0.15) is 11.3 Å². The molecule has 1 amide bonds. The van der Waals surface area contributed by atoms with Gasteiger partial charge in [-0.05, 0) is 52.2 Å². The summed E-state index contributed by atoms with van der Waals surface area (Å²) in [6.45, 7) is 0.339. The summed E-state index contributed by atoms with van der Waals surface area (Å²) in [6, 6.07) is 11.2. The molecule has 6 heteroatoms. The fraction of sp³-hybridized carbons (Fsp3) is 0.176. The number of esters is 1. The minimum absolute atomic E-state index is 0.225. The number of fused-ring (bicyclic) bond motifs is 1. The number of furan rings is 1. The Morgan fingerprint density at radius 3 is 2.87 bits per heavy atom. The van der Waals surface area contributed by atoms with E-state index < -0.39 is 5.97 Å². The molecule has 1 aromatic heterocycles. The number of halogens is 1. The third kappa shape index (κ3) is 3.71. The van der Waals surface area contributed by atoms with E-state index in [4.69, 9.17) is 9.15 Å². The van der Waals surface area contributed by atoms with E-state index in [1.54, 1.807) is 17.0 Å². The molecule has 0 aliphatic carbocycles. The maximum Gasteiger partial charge on any atom is 0.331 e. The third-order valence-electron chi connectivity index (χ3n) is 3.50. The number of carbonyl (C=O) groups is 2. The lowest BCUT2D eigenvalue weighted by atomic mass is 10.2. The van der Waals surface area contributed by atoms with Crippen LogP contribution in [0.3, 0.4) is 0 Å². The van der Waals surface area contributed by atoms with Crippen molar-refractivity contribution < 1.29 is 18.7 Å². The van der Waals surface area contributed by atoms with Crippen molar-refractivity contribution in [2.24, 2.45) is 0 Å². The molecule has 23 heavy (non-hydrogen) atoms. The lowest BCUT2D eigenvalue weighted by molar-refractivity contribution is -0.142. The van der Waals surface area contributed by atoms with E-state index in [0.717, 1.165) is 17.7 Å². The van der Waals surface area contributed by atoms with Crippen molar-refractivity contribution in [3.05, 3.63) is 58.5 Å². The number of para-hydroxylation sites is 1. The molecule has 0 unspecified atom stereocenters. The highest BCUT2D eigenvalue weighted by atomic mass is 79.9. The largest absolute Gasteiger partial charge is 0.452 e. The predicted molar refractivity (Wildman–Crippen MR) is 88.9 cm³/mol. The van der Waals surface area contributed by atoms with Crippen LogP contribution in [0.5, 0.6) is 0 Å². The van der Waals surface area contributed by atoms with Gasteiger partial charge in [0.1, 0.15) is 5.76 Å². The molecule has 118 valence electrons. The molecule has 1 aliphatic heterocycles. The van der Waals surface area contributed by atoms with E-state index in [1.807, 2.05) is 24.3 Å². The van der Waals surface area contributed by atoms with Crippen LogP contribution in [0.25, 0.3) is 6.08 Å². The molecular weight excluding hydrogens is 362 g/mol. The second kappa shape index (κ2) is 6.83. The molecule has 0 bridgehead atoms. The van der Waals surface area contributed by atoms with Gasteiger partial charge in [-0.3, -0.25) is 4.79 Å². The van der Waals surface area contributed by atoms with Crippen LogP contribution in [0.15, 0.2) is 51.6 Å². The summed E-state index contributed by atoms with van der Waals surface area (Å²) in [5, 5.41) is 0. The minimum atomic E-state index is -0.585. The van der Waals surface area contributed by atoms with Crippen molar-refractivity contribution in [2.75, 3.05) is 18.1 Å². The monoisotopic (exact) mass is 375 g/mol. The average molecular weight is 376 g/mol.